The summed E-state index contributed by atoms with van der Waals surface area (Å²) in [6, 6.07) is 2.22. The lowest BCUT2D eigenvalue weighted by atomic mass is 10.0. The van der Waals surface area contributed by atoms with Crippen molar-refractivity contribution < 1.29 is 9.53 Å². The molecular formula is C18H22N4O2S. The third-order valence-corrected chi connectivity index (χ3v) is 5.99. The molecule has 132 valence electrons. The molecule has 0 saturated carbocycles. The second-order valence-electron chi connectivity index (χ2n) is 6.52. The number of morpholine rings is 1. The molecule has 1 amide bonds. The third-order valence-electron chi connectivity index (χ3n) is 4.99. The number of ether oxygens (including phenoxy) is 1. The van der Waals surface area contributed by atoms with Gasteiger partial charge in [0.15, 0.2) is 0 Å². The zero-order chi connectivity index (χ0) is 17.4. The largest absolute Gasteiger partial charge is 0.378 e. The molecule has 4 heterocycles. The number of rotatable bonds is 2. The third kappa shape index (κ3) is 3.02. The van der Waals surface area contributed by atoms with Crippen LogP contribution in [0.25, 0.3) is 0 Å². The Hall–Kier alpha value is -1.99. The summed E-state index contributed by atoms with van der Waals surface area (Å²) in [5.41, 5.74) is 2.61. The lowest BCUT2D eigenvalue weighted by molar-refractivity contribution is 0.0672. The Balaban J connectivity index is 1.61. The van der Waals surface area contributed by atoms with Gasteiger partial charge in [-0.25, -0.2) is 9.97 Å². The van der Waals surface area contributed by atoms with Gasteiger partial charge in [-0.1, -0.05) is 0 Å². The molecule has 7 heteroatoms. The number of hydrogen-bond donors (Lipinski definition) is 0. The predicted octanol–water partition coefficient (Wildman–Crippen LogP) is 2.44. The van der Waals surface area contributed by atoms with Gasteiger partial charge in [-0.2, -0.15) is 0 Å². The fraction of sp³-hybridized carbons (Fsp3) is 0.500. The van der Waals surface area contributed by atoms with E-state index in [0.717, 1.165) is 31.6 Å². The highest BCUT2D eigenvalue weighted by atomic mass is 32.1. The van der Waals surface area contributed by atoms with Crippen LogP contribution >= 0.6 is 11.3 Å². The molecule has 0 aliphatic carbocycles. The number of hydrogen-bond acceptors (Lipinski definition) is 6. The number of fused-ring (bicyclic) bond motifs is 1. The maximum Gasteiger partial charge on any atom is 0.273 e. The van der Waals surface area contributed by atoms with Crippen molar-refractivity contribution in [3.63, 3.8) is 0 Å². The Kier molecular flexibility index (Phi) is 4.43. The normalized spacial score (nSPS) is 20.5. The van der Waals surface area contributed by atoms with Crippen LogP contribution in [0.1, 0.15) is 39.5 Å². The smallest absolute Gasteiger partial charge is 0.273 e. The summed E-state index contributed by atoms with van der Waals surface area (Å²) in [6.07, 6.45) is 2.68. The van der Waals surface area contributed by atoms with E-state index < -0.39 is 0 Å². The molecular weight excluding hydrogens is 336 g/mol. The molecule has 0 radical (unpaired) electrons. The first-order chi connectivity index (χ1) is 12.1. The van der Waals surface area contributed by atoms with E-state index >= 15 is 0 Å². The predicted molar refractivity (Wildman–Crippen MR) is 97.3 cm³/mol. The summed E-state index contributed by atoms with van der Waals surface area (Å²) in [7, 11) is 0. The Bertz CT molecular complexity index is 785. The first kappa shape index (κ1) is 16.5. The van der Waals surface area contributed by atoms with Crippen LogP contribution in [0.15, 0.2) is 17.6 Å². The van der Waals surface area contributed by atoms with Crippen LogP contribution in [0.3, 0.4) is 0 Å². The Morgan fingerprint density at radius 1 is 1.32 bits per heavy atom. The fourth-order valence-corrected chi connectivity index (χ4v) is 4.45. The Morgan fingerprint density at radius 3 is 2.92 bits per heavy atom. The zero-order valence-electron chi connectivity index (χ0n) is 14.6. The fourth-order valence-electron chi connectivity index (χ4n) is 3.49. The van der Waals surface area contributed by atoms with Crippen LogP contribution in [-0.2, 0) is 11.2 Å². The maximum atomic E-state index is 13.2. The van der Waals surface area contributed by atoms with E-state index in [2.05, 4.69) is 33.2 Å². The van der Waals surface area contributed by atoms with E-state index in [9.17, 15) is 4.79 Å². The lowest BCUT2D eigenvalue weighted by Gasteiger charge is -2.34. The summed E-state index contributed by atoms with van der Waals surface area (Å²) >= 11 is 1.78. The van der Waals surface area contributed by atoms with Gasteiger partial charge in [-0.3, -0.25) is 4.79 Å². The minimum Gasteiger partial charge on any atom is -0.378 e. The van der Waals surface area contributed by atoms with Crippen molar-refractivity contribution in [2.45, 2.75) is 26.3 Å². The topological polar surface area (TPSA) is 58.6 Å². The highest BCUT2D eigenvalue weighted by Gasteiger charge is 2.31. The molecule has 2 aromatic rings. The van der Waals surface area contributed by atoms with Crippen LogP contribution in [-0.4, -0.2) is 53.6 Å². The van der Waals surface area contributed by atoms with Crippen molar-refractivity contribution in [3.8, 4) is 0 Å². The van der Waals surface area contributed by atoms with Gasteiger partial charge in [0, 0.05) is 30.7 Å². The minimum atomic E-state index is -0.00115. The molecule has 1 saturated heterocycles. The molecule has 2 aliphatic heterocycles. The molecule has 0 spiro atoms. The molecule has 1 unspecified atom stereocenters. The quantitative estimate of drug-likeness (QED) is 0.825. The van der Waals surface area contributed by atoms with Gasteiger partial charge in [0.1, 0.15) is 5.69 Å². The SMILES string of the molecule is Cc1cnc(N2CCOCC2)nc1C(=O)N1CCc2sccc2C1C. The van der Waals surface area contributed by atoms with Crippen molar-refractivity contribution >= 4 is 23.2 Å². The number of anilines is 1. The molecule has 2 aromatic heterocycles. The lowest BCUT2D eigenvalue weighted by Crippen LogP contribution is -2.40. The van der Waals surface area contributed by atoms with Gasteiger partial charge in [0.2, 0.25) is 5.95 Å². The molecule has 1 atom stereocenters. The van der Waals surface area contributed by atoms with Crippen LogP contribution in [0, 0.1) is 6.92 Å². The average Bonchev–Trinajstić information content (AvgIpc) is 3.12. The van der Waals surface area contributed by atoms with Crippen LogP contribution in [0.5, 0.6) is 0 Å². The second-order valence-corrected chi connectivity index (χ2v) is 7.53. The molecule has 0 N–H and O–H groups in total. The molecule has 4 rings (SSSR count). The number of amides is 1. The standard InChI is InChI=1S/C18H22N4O2S/c1-12-11-19-18(21-6-8-24-9-7-21)20-16(12)17(23)22-5-3-15-14(13(22)2)4-10-25-15/h4,10-11,13H,3,5-9H2,1-2H3. The number of carbonyl (C=O) groups excluding carboxylic acids is 1. The first-order valence-electron chi connectivity index (χ1n) is 8.68. The molecule has 1 fully saturated rings. The Morgan fingerprint density at radius 2 is 2.12 bits per heavy atom. The van der Waals surface area contributed by atoms with E-state index in [4.69, 9.17) is 4.74 Å². The summed E-state index contributed by atoms with van der Waals surface area (Å²) in [5.74, 6) is 0.622. The molecule has 6 nitrogen and oxygen atoms in total. The highest BCUT2D eigenvalue weighted by molar-refractivity contribution is 7.10. The van der Waals surface area contributed by atoms with Gasteiger partial charge in [0.05, 0.1) is 19.3 Å². The van der Waals surface area contributed by atoms with Gasteiger partial charge in [0.25, 0.3) is 5.91 Å². The van der Waals surface area contributed by atoms with Gasteiger partial charge < -0.3 is 14.5 Å². The van der Waals surface area contributed by atoms with Crippen molar-refractivity contribution in [1.82, 2.24) is 14.9 Å². The molecule has 0 bridgehead atoms. The number of carbonyl (C=O) groups is 1. The van der Waals surface area contributed by atoms with E-state index in [1.54, 1.807) is 17.5 Å². The monoisotopic (exact) mass is 358 g/mol. The number of aromatic nitrogens is 2. The van der Waals surface area contributed by atoms with Crippen molar-refractivity contribution in [3.05, 3.63) is 39.3 Å². The zero-order valence-corrected chi connectivity index (χ0v) is 15.4. The second kappa shape index (κ2) is 6.72. The molecule has 2 aliphatic rings. The van der Waals surface area contributed by atoms with Gasteiger partial charge >= 0.3 is 0 Å². The summed E-state index contributed by atoms with van der Waals surface area (Å²) < 4.78 is 5.39. The first-order valence-corrected chi connectivity index (χ1v) is 9.56. The highest BCUT2D eigenvalue weighted by Crippen LogP contribution is 2.33. The minimum absolute atomic E-state index is 0.00115. The van der Waals surface area contributed by atoms with Crippen LogP contribution in [0.4, 0.5) is 5.95 Å². The van der Waals surface area contributed by atoms with E-state index in [-0.39, 0.29) is 11.9 Å². The molecule has 0 aromatic carbocycles. The van der Waals surface area contributed by atoms with Crippen molar-refractivity contribution in [1.29, 1.82) is 0 Å². The average molecular weight is 358 g/mol. The van der Waals surface area contributed by atoms with Crippen molar-refractivity contribution in [2.24, 2.45) is 0 Å². The van der Waals surface area contributed by atoms with E-state index in [1.165, 1.54) is 10.4 Å². The number of nitrogens with zero attached hydrogens (tertiary/aromatic N) is 4. The summed E-state index contributed by atoms with van der Waals surface area (Å²) in [6.45, 7) is 7.60. The molecule has 25 heavy (non-hydrogen) atoms. The van der Waals surface area contributed by atoms with E-state index in [0.29, 0.717) is 24.9 Å². The maximum absolute atomic E-state index is 13.2. The number of aryl methyl sites for hydroxylation is 1. The van der Waals surface area contributed by atoms with Crippen molar-refractivity contribution in [2.75, 3.05) is 37.7 Å². The summed E-state index contributed by atoms with van der Waals surface area (Å²) in [5, 5.41) is 2.11. The van der Waals surface area contributed by atoms with Crippen LogP contribution < -0.4 is 4.90 Å². The van der Waals surface area contributed by atoms with Gasteiger partial charge in [-0.05, 0) is 42.8 Å². The van der Waals surface area contributed by atoms with E-state index in [1.807, 2.05) is 11.8 Å². The van der Waals surface area contributed by atoms with Crippen LogP contribution in [0.2, 0.25) is 0 Å². The summed E-state index contributed by atoms with van der Waals surface area (Å²) in [4.78, 5) is 27.7. The van der Waals surface area contributed by atoms with Gasteiger partial charge in [-0.15, -0.1) is 11.3 Å². The Labute approximate surface area is 151 Å². The number of thiophene rings is 1.